The van der Waals surface area contributed by atoms with Crippen molar-refractivity contribution in [1.29, 1.82) is 0 Å². The normalized spacial score (nSPS) is 16.0. The molecule has 4 rings (SSSR count). The molecule has 3 heterocycles. The van der Waals surface area contributed by atoms with Crippen LogP contribution in [0.4, 0.5) is 0 Å². The van der Waals surface area contributed by atoms with Gasteiger partial charge >= 0.3 is 0 Å². The summed E-state index contributed by atoms with van der Waals surface area (Å²) in [5.74, 6) is 0.374. The third-order valence-electron chi connectivity index (χ3n) is 5.06. The molecule has 146 valence electrons. The molecule has 1 fully saturated rings. The van der Waals surface area contributed by atoms with E-state index in [0.717, 1.165) is 28.6 Å². The van der Waals surface area contributed by atoms with Gasteiger partial charge in [-0.25, -0.2) is 0 Å². The summed E-state index contributed by atoms with van der Waals surface area (Å²) in [4.78, 5) is 16.0. The Bertz CT molecular complexity index is 919. The Morgan fingerprint density at radius 2 is 2.04 bits per heavy atom. The van der Waals surface area contributed by atoms with Gasteiger partial charge in [-0.05, 0) is 49.0 Å². The van der Waals surface area contributed by atoms with E-state index in [1.165, 1.54) is 19.3 Å². The number of amides is 1. The molecule has 5 nitrogen and oxygen atoms in total. The number of rotatable bonds is 6. The van der Waals surface area contributed by atoms with Crippen LogP contribution in [0.1, 0.15) is 41.4 Å². The average molecular weight is 416 g/mol. The highest BCUT2D eigenvalue weighted by Gasteiger charge is 2.25. The Hall–Kier alpha value is -2.15. The molecular weight excluding hydrogens is 394 g/mol. The number of benzene rings is 1. The van der Waals surface area contributed by atoms with Gasteiger partial charge in [0.05, 0.1) is 10.9 Å². The van der Waals surface area contributed by atoms with Crippen LogP contribution in [0.25, 0.3) is 10.6 Å². The first-order valence-electron chi connectivity index (χ1n) is 9.49. The van der Waals surface area contributed by atoms with Crippen molar-refractivity contribution in [1.82, 2.24) is 15.4 Å². The molecule has 1 aromatic carbocycles. The van der Waals surface area contributed by atoms with Crippen molar-refractivity contribution in [3.8, 4) is 10.6 Å². The van der Waals surface area contributed by atoms with Crippen molar-refractivity contribution in [2.75, 3.05) is 19.6 Å². The van der Waals surface area contributed by atoms with Crippen LogP contribution in [0.15, 0.2) is 52.4 Å². The topological polar surface area (TPSA) is 58.4 Å². The summed E-state index contributed by atoms with van der Waals surface area (Å²) >= 11 is 8.02. The smallest absolute Gasteiger partial charge is 0.273 e. The molecule has 1 saturated heterocycles. The van der Waals surface area contributed by atoms with Crippen LogP contribution in [0.3, 0.4) is 0 Å². The van der Waals surface area contributed by atoms with Gasteiger partial charge in [0, 0.05) is 17.6 Å². The third kappa shape index (κ3) is 4.29. The molecule has 1 amide bonds. The van der Waals surface area contributed by atoms with Crippen LogP contribution in [-0.4, -0.2) is 35.6 Å². The fraction of sp³-hybridized carbons (Fsp3) is 0.333. The van der Waals surface area contributed by atoms with E-state index in [1.54, 1.807) is 17.4 Å². The summed E-state index contributed by atoms with van der Waals surface area (Å²) in [6.45, 7) is 2.50. The highest BCUT2D eigenvalue weighted by Crippen LogP contribution is 2.30. The van der Waals surface area contributed by atoms with Gasteiger partial charge in [0.1, 0.15) is 0 Å². The van der Waals surface area contributed by atoms with Crippen LogP contribution in [0.5, 0.6) is 0 Å². The Labute approximate surface area is 173 Å². The van der Waals surface area contributed by atoms with Gasteiger partial charge in [0.2, 0.25) is 0 Å². The molecule has 1 aliphatic rings. The van der Waals surface area contributed by atoms with Crippen molar-refractivity contribution in [2.45, 2.75) is 25.3 Å². The van der Waals surface area contributed by atoms with Gasteiger partial charge in [0.15, 0.2) is 11.5 Å². The number of nitrogens with one attached hydrogen (secondary N) is 1. The van der Waals surface area contributed by atoms with Gasteiger partial charge in [0.25, 0.3) is 5.91 Å². The predicted molar refractivity (Wildman–Crippen MR) is 112 cm³/mol. The molecule has 0 spiro atoms. The number of carbonyl (C=O) groups excluding carboxylic acids is 1. The van der Waals surface area contributed by atoms with Gasteiger partial charge < -0.3 is 9.84 Å². The van der Waals surface area contributed by atoms with E-state index in [-0.39, 0.29) is 11.9 Å². The molecule has 0 bridgehead atoms. The predicted octanol–water partition coefficient (Wildman–Crippen LogP) is 5.01. The highest BCUT2D eigenvalue weighted by molar-refractivity contribution is 7.13. The number of nitrogens with zero attached hydrogens (tertiary/aromatic N) is 2. The number of piperidine rings is 1. The van der Waals surface area contributed by atoms with E-state index in [1.807, 2.05) is 41.8 Å². The maximum atomic E-state index is 12.6. The second-order valence-corrected chi connectivity index (χ2v) is 8.25. The van der Waals surface area contributed by atoms with Gasteiger partial charge in [-0.3, -0.25) is 9.69 Å². The highest BCUT2D eigenvalue weighted by atomic mass is 35.5. The van der Waals surface area contributed by atoms with E-state index in [0.29, 0.717) is 18.0 Å². The molecular formula is C21H22ClN3O2S. The largest absolute Gasteiger partial charge is 0.355 e. The zero-order valence-electron chi connectivity index (χ0n) is 15.4. The number of hydrogen-bond acceptors (Lipinski definition) is 5. The summed E-state index contributed by atoms with van der Waals surface area (Å²) < 4.78 is 5.33. The molecule has 7 heteroatoms. The van der Waals surface area contributed by atoms with Crippen LogP contribution in [0, 0.1) is 0 Å². The molecule has 1 atom stereocenters. The Morgan fingerprint density at radius 1 is 1.21 bits per heavy atom. The SMILES string of the molecule is O=C(NC[C@H](c1ccccc1Cl)N1CCCCC1)c1cc(-c2cccs2)on1. The monoisotopic (exact) mass is 415 g/mol. The fourth-order valence-corrected chi connectivity index (χ4v) is 4.54. The van der Waals surface area contributed by atoms with E-state index in [9.17, 15) is 4.79 Å². The standard InChI is InChI=1S/C21H22ClN3O2S/c22-16-8-3-2-7-15(16)18(25-10-4-1-5-11-25)14-23-21(26)17-13-19(27-24-17)20-9-6-12-28-20/h2-3,6-9,12-13,18H,1,4-5,10-11,14H2,(H,23,26)/t18-/m1/s1. The zero-order valence-corrected chi connectivity index (χ0v) is 17.0. The number of carbonyl (C=O) groups is 1. The number of hydrogen-bond donors (Lipinski definition) is 1. The number of halogens is 1. The lowest BCUT2D eigenvalue weighted by atomic mass is 10.0. The molecule has 1 N–H and O–H groups in total. The maximum Gasteiger partial charge on any atom is 0.273 e. The zero-order chi connectivity index (χ0) is 19.3. The summed E-state index contributed by atoms with van der Waals surface area (Å²) in [5, 5.41) is 9.65. The summed E-state index contributed by atoms with van der Waals surface area (Å²) in [7, 11) is 0. The van der Waals surface area contributed by atoms with Crippen molar-refractivity contribution < 1.29 is 9.32 Å². The summed E-state index contributed by atoms with van der Waals surface area (Å²) in [5.41, 5.74) is 1.34. The lowest BCUT2D eigenvalue weighted by molar-refractivity contribution is 0.0915. The van der Waals surface area contributed by atoms with E-state index >= 15 is 0 Å². The van der Waals surface area contributed by atoms with Crippen molar-refractivity contribution in [2.24, 2.45) is 0 Å². The minimum atomic E-state index is -0.236. The first kappa shape index (κ1) is 19.2. The molecule has 2 aromatic heterocycles. The number of likely N-dealkylation sites (tertiary alicyclic amines) is 1. The molecule has 3 aromatic rings. The van der Waals surface area contributed by atoms with Gasteiger partial charge in [-0.1, -0.05) is 47.4 Å². The van der Waals surface area contributed by atoms with E-state index in [2.05, 4.69) is 15.4 Å². The van der Waals surface area contributed by atoms with Crippen LogP contribution in [0.2, 0.25) is 5.02 Å². The minimum absolute atomic E-state index is 0.0432. The molecule has 0 saturated carbocycles. The van der Waals surface area contributed by atoms with Crippen LogP contribution >= 0.6 is 22.9 Å². The third-order valence-corrected chi connectivity index (χ3v) is 6.29. The molecule has 0 unspecified atom stereocenters. The molecule has 28 heavy (non-hydrogen) atoms. The van der Waals surface area contributed by atoms with Crippen molar-refractivity contribution in [3.05, 3.63) is 64.1 Å². The Kier molecular flexibility index (Phi) is 6.10. The Morgan fingerprint density at radius 3 is 2.79 bits per heavy atom. The van der Waals surface area contributed by atoms with Crippen molar-refractivity contribution in [3.63, 3.8) is 0 Å². The molecule has 0 radical (unpaired) electrons. The average Bonchev–Trinajstić information content (AvgIpc) is 3.42. The van der Waals surface area contributed by atoms with Gasteiger partial charge in [-0.15, -0.1) is 11.3 Å². The number of thiophene rings is 1. The lowest BCUT2D eigenvalue weighted by Gasteiger charge is -2.35. The minimum Gasteiger partial charge on any atom is -0.355 e. The molecule has 0 aliphatic carbocycles. The van der Waals surface area contributed by atoms with E-state index < -0.39 is 0 Å². The quantitative estimate of drug-likeness (QED) is 0.614. The number of aromatic nitrogens is 1. The van der Waals surface area contributed by atoms with Crippen LogP contribution < -0.4 is 5.32 Å². The van der Waals surface area contributed by atoms with E-state index in [4.69, 9.17) is 16.1 Å². The first-order chi connectivity index (χ1) is 13.7. The fourth-order valence-electron chi connectivity index (χ4n) is 3.61. The first-order valence-corrected chi connectivity index (χ1v) is 10.8. The molecule has 1 aliphatic heterocycles. The second-order valence-electron chi connectivity index (χ2n) is 6.90. The second kappa shape index (κ2) is 8.90. The van der Waals surface area contributed by atoms with Crippen molar-refractivity contribution >= 4 is 28.8 Å². The summed E-state index contributed by atoms with van der Waals surface area (Å²) in [6, 6.07) is 13.5. The van der Waals surface area contributed by atoms with Gasteiger partial charge in [-0.2, -0.15) is 0 Å². The Balaban J connectivity index is 1.48. The summed E-state index contributed by atoms with van der Waals surface area (Å²) in [6.07, 6.45) is 3.59. The van der Waals surface area contributed by atoms with Crippen LogP contribution in [-0.2, 0) is 0 Å². The maximum absolute atomic E-state index is 12.6. The lowest BCUT2D eigenvalue weighted by Crippen LogP contribution is -2.40.